The van der Waals surface area contributed by atoms with Gasteiger partial charge in [0, 0.05) is 10.9 Å². The number of anilines is 1. The molecular weight excluding hydrogens is 306 g/mol. The minimum absolute atomic E-state index is 0.115. The maximum absolute atomic E-state index is 11.6. The molecule has 0 saturated carbocycles. The number of fused-ring (bicyclic) bond motifs is 1. The van der Waals surface area contributed by atoms with Crippen LogP contribution in [-0.2, 0) is 22.7 Å². The van der Waals surface area contributed by atoms with E-state index in [2.05, 4.69) is 11.2 Å². The van der Waals surface area contributed by atoms with Gasteiger partial charge in [0.2, 0.25) is 0 Å². The molecule has 1 saturated heterocycles. The van der Waals surface area contributed by atoms with Crippen LogP contribution < -0.4 is 5.73 Å². The van der Waals surface area contributed by atoms with Crippen molar-refractivity contribution < 1.29 is 8.42 Å². The van der Waals surface area contributed by atoms with E-state index in [1.54, 1.807) is 16.0 Å². The van der Waals surface area contributed by atoms with Crippen LogP contribution in [0.1, 0.15) is 29.3 Å². The fourth-order valence-corrected chi connectivity index (χ4v) is 6.15. The lowest BCUT2D eigenvalue weighted by Crippen LogP contribution is -2.14. The minimum atomic E-state index is -2.93. The molecule has 0 bridgehead atoms. The molecule has 0 spiro atoms. The number of aryl methyl sites for hydroxylation is 2. The second-order valence-corrected chi connectivity index (χ2v) is 9.23. The summed E-state index contributed by atoms with van der Waals surface area (Å²) in [4.78, 5) is 2.60. The van der Waals surface area contributed by atoms with Crippen LogP contribution in [0.15, 0.2) is 12.1 Å². The SMILES string of the molecule is Nc1cc(-c2cc3c(s2)CCC3)nn1C1CCS(=O)(=O)C1. The summed E-state index contributed by atoms with van der Waals surface area (Å²) < 4.78 is 24.9. The van der Waals surface area contributed by atoms with E-state index in [-0.39, 0.29) is 17.5 Å². The lowest BCUT2D eigenvalue weighted by Gasteiger charge is -2.09. The summed E-state index contributed by atoms with van der Waals surface area (Å²) in [6.45, 7) is 0. The highest BCUT2D eigenvalue weighted by molar-refractivity contribution is 7.91. The number of rotatable bonds is 2. The summed E-state index contributed by atoms with van der Waals surface area (Å²) in [5.74, 6) is 0.944. The van der Waals surface area contributed by atoms with Crippen LogP contribution in [0, 0.1) is 0 Å². The molecule has 5 nitrogen and oxygen atoms in total. The van der Waals surface area contributed by atoms with Crippen LogP contribution in [0.25, 0.3) is 10.6 Å². The monoisotopic (exact) mass is 323 g/mol. The van der Waals surface area contributed by atoms with Gasteiger partial charge in [-0.2, -0.15) is 5.10 Å². The van der Waals surface area contributed by atoms with Gasteiger partial charge in [0.05, 0.1) is 22.4 Å². The summed E-state index contributed by atoms with van der Waals surface area (Å²) in [6, 6.07) is 3.96. The lowest BCUT2D eigenvalue weighted by molar-refractivity contribution is 0.508. The van der Waals surface area contributed by atoms with Gasteiger partial charge in [0.15, 0.2) is 9.84 Å². The number of aromatic nitrogens is 2. The first-order valence-corrected chi connectivity index (χ1v) is 9.83. The van der Waals surface area contributed by atoms with Crippen molar-refractivity contribution in [2.24, 2.45) is 0 Å². The zero-order chi connectivity index (χ0) is 14.6. The van der Waals surface area contributed by atoms with E-state index in [1.165, 1.54) is 16.9 Å². The topological polar surface area (TPSA) is 78.0 Å². The molecule has 1 fully saturated rings. The zero-order valence-corrected chi connectivity index (χ0v) is 13.2. The van der Waals surface area contributed by atoms with Crippen molar-refractivity contribution in [3.63, 3.8) is 0 Å². The first-order valence-electron chi connectivity index (χ1n) is 7.19. The average molecular weight is 323 g/mol. The van der Waals surface area contributed by atoms with Gasteiger partial charge in [-0.05, 0) is 37.3 Å². The Kier molecular flexibility index (Phi) is 2.91. The number of hydrogen-bond acceptors (Lipinski definition) is 5. The van der Waals surface area contributed by atoms with Crippen molar-refractivity contribution >= 4 is 27.0 Å². The summed E-state index contributed by atoms with van der Waals surface area (Å²) in [5, 5.41) is 4.58. The van der Waals surface area contributed by atoms with Crippen molar-refractivity contribution in [2.45, 2.75) is 31.7 Å². The van der Waals surface area contributed by atoms with Crippen molar-refractivity contribution in [3.05, 3.63) is 22.6 Å². The molecule has 112 valence electrons. The Morgan fingerprint density at radius 2 is 2.19 bits per heavy atom. The van der Waals surface area contributed by atoms with Gasteiger partial charge in [-0.15, -0.1) is 11.3 Å². The molecule has 1 aliphatic carbocycles. The van der Waals surface area contributed by atoms with E-state index in [9.17, 15) is 8.42 Å². The molecule has 2 N–H and O–H groups in total. The van der Waals surface area contributed by atoms with Gasteiger partial charge in [0.1, 0.15) is 11.5 Å². The predicted octanol–water partition coefficient (Wildman–Crippen LogP) is 2.04. The van der Waals surface area contributed by atoms with Crippen LogP contribution in [0.2, 0.25) is 0 Å². The molecule has 2 aliphatic rings. The first-order chi connectivity index (χ1) is 10.0. The average Bonchev–Trinajstić information content (AvgIpc) is 3.10. The third-order valence-electron chi connectivity index (χ3n) is 4.32. The Morgan fingerprint density at radius 1 is 1.33 bits per heavy atom. The molecular formula is C14H17N3O2S2. The summed E-state index contributed by atoms with van der Waals surface area (Å²) in [6.07, 6.45) is 4.17. The van der Waals surface area contributed by atoms with Crippen LogP contribution >= 0.6 is 11.3 Å². The second-order valence-electron chi connectivity index (χ2n) is 5.87. The van der Waals surface area contributed by atoms with Crippen molar-refractivity contribution in [3.8, 4) is 10.6 Å². The summed E-state index contributed by atoms with van der Waals surface area (Å²) >= 11 is 1.79. The number of nitrogens with zero attached hydrogens (tertiary/aromatic N) is 2. The highest BCUT2D eigenvalue weighted by Gasteiger charge is 2.31. The molecule has 0 aromatic carbocycles. The van der Waals surface area contributed by atoms with E-state index in [0.717, 1.165) is 23.4 Å². The molecule has 1 atom stereocenters. The normalized spacial score (nSPS) is 23.5. The fraction of sp³-hybridized carbons (Fsp3) is 0.500. The third-order valence-corrected chi connectivity index (χ3v) is 7.33. The number of thiophene rings is 1. The quantitative estimate of drug-likeness (QED) is 0.917. The first kappa shape index (κ1) is 13.3. The van der Waals surface area contributed by atoms with E-state index in [4.69, 9.17) is 5.73 Å². The molecule has 3 heterocycles. The largest absolute Gasteiger partial charge is 0.384 e. The van der Waals surface area contributed by atoms with Crippen molar-refractivity contribution in [1.82, 2.24) is 9.78 Å². The highest BCUT2D eigenvalue weighted by atomic mass is 32.2. The van der Waals surface area contributed by atoms with Crippen molar-refractivity contribution in [1.29, 1.82) is 0 Å². The van der Waals surface area contributed by atoms with E-state index < -0.39 is 9.84 Å². The van der Waals surface area contributed by atoms with Gasteiger partial charge >= 0.3 is 0 Å². The maximum Gasteiger partial charge on any atom is 0.152 e. The van der Waals surface area contributed by atoms with Gasteiger partial charge < -0.3 is 5.73 Å². The Morgan fingerprint density at radius 3 is 2.90 bits per heavy atom. The molecule has 0 amide bonds. The molecule has 4 rings (SSSR count). The molecule has 0 radical (unpaired) electrons. The third kappa shape index (κ3) is 2.28. The second kappa shape index (κ2) is 4.58. The van der Waals surface area contributed by atoms with Crippen LogP contribution in [-0.4, -0.2) is 29.7 Å². The Balaban J connectivity index is 1.67. The lowest BCUT2D eigenvalue weighted by atomic mass is 10.2. The standard InChI is InChI=1S/C14H17N3O2S2/c15-14-7-11(13-6-9-2-1-3-12(9)20-13)16-17(14)10-4-5-21(18,19)8-10/h6-7,10H,1-5,8,15H2. The molecule has 1 unspecified atom stereocenters. The molecule has 7 heteroatoms. The minimum Gasteiger partial charge on any atom is -0.384 e. The van der Waals surface area contributed by atoms with E-state index >= 15 is 0 Å². The number of nitrogen functional groups attached to an aromatic ring is 1. The summed E-state index contributed by atoms with van der Waals surface area (Å²) in [5.41, 5.74) is 8.36. The molecule has 2 aromatic rings. The van der Waals surface area contributed by atoms with Crippen molar-refractivity contribution in [2.75, 3.05) is 17.2 Å². The van der Waals surface area contributed by atoms with Gasteiger partial charge in [-0.1, -0.05) is 0 Å². The zero-order valence-electron chi connectivity index (χ0n) is 11.6. The number of hydrogen-bond donors (Lipinski definition) is 1. The molecule has 1 aliphatic heterocycles. The van der Waals surface area contributed by atoms with Crippen LogP contribution in [0.5, 0.6) is 0 Å². The Labute approximate surface area is 127 Å². The van der Waals surface area contributed by atoms with Gasteiger partial charge in [-0.3, -0.25) is 0 Å². The molecule has 21 heavy (non-hydrogen) atoms. The smallest absolute Gasteiger partial charge is 0.152 e. The maximum atomic E-state index is 11.6. The molecule has 2 aromatic heterocycles. The Bertz CT molecular complexity index is 783. The Hall–Kier alpha value is -1.34. The van der Waals surface area contributed by atoms with E-state index in [0.29, 0.717) is 12.2 Å². The van der Waals surface area contributed by atoms with E-state index in [1.807, 2.05) is 6.07 Å². The van der Waals surface area contributed by atoms with Gasteiger partial charge in [-0.25, -0.2) is 13.1 Å². The van der Waals surface area contributed by atoms with Crippen LogP contribution in [0.3, 0.4) is 0 Å². The van der Waals surface area contributed by atoms with Crippen LogP contribution in [0.4, 0.5) is 5.82 Å². The highest BCUT2D eigenvalue weighted by Crippen LogP contribution is 2.37. The van der Waals surface area contributed by atoms with Gasteiger partial charge in [0.25, 0.3) is 0 Å². The predicted molar refractivity (Wildman–Crippen MR) is 84.3 cm³/mol. The number of sulfone groups is 1. The summed E-state index contributed by atoms with van der Waals surface area (Å²) in [7, 11) is -2.93. The number of nitrogens with two attached hydrogens (primary N) is 1. The fourth-order valence-electron chi connectivity index (χ4n) is 3.25.